The largest absolute Gasteiger partial charge is 0.507 e. The first-order chi connectivity index (χ1) is 12.0. The first-order valence-electron chi connectivity index (χ1n) is 9.63. The van der Waals surface area contributed by atoms with Crippen molar-refractivity contribution in [3.05, 3.63) is 28.8 Å². The molecule has 0 radical (unpaired) electrons. The van der Waals surface area contributed by atoms with Gasteiger partial charge in [0.2, 0.25) is 0 Å². The van der Waals surface area contributed by atoms with Crippen LogP contribution in [0.15, 0.2) is 12.1 Å². The third kappa shape index (κ3) is 5.02. The van der Waals surface area contributed by atoms with Gasteiger partial charge in [0.1, 0.15) is 5.75 Å². The summed E-state index contributed by atoms with van der Waals surface area (Å²) >= 11 is 0. The fourth-order valence-electron chi connectivity index (χ4n) is 4.11. The Bertz CT molecular complexity index is 576. The maximum Gasteiger partial charge on any atom is 0.267 e. The van der Waals surface area contributed by atoms with Gasteiger partial charge in [-0.3, -0.25) is 4.79 Å². The van der Waals surface area contributed by atoms with Crippen molar-refractivity contribution in [1.29, 1.82) is 0 Å². The number of phenols is 1. The monoisotopic (exact) mass is 352 g/mol. The van der Waals surface area contributed by atoms with Gasteiger partial charge in [0.05, 0.1) is 11.1 Å². The molecule has 0 heterocycles. The third-order valence-corrected chi connectivity index (χ3v) is 5.48. The van der Waals surface area contributed by atoms with Crippen LogP contribution in [0.4, 0.5) is 8.78 Å². The molecule has 1 N–H and O–H groups in total. The molecular weight excluding hydrogens is 322 g/mol. The SMILES string of the molecule is CCCc1ccc(C(=O)CC2CCC(CCC)CC2)c(O)c1C(F)F. The molecule has 0 aliphatic heterocycles. The van der Waals surface area contributed by atoms with Crippen LogP contribution in [0.25, 0.3) is 0 Å². The first kappa shape index (κ1) is 19.9. The number of phenolic OH excluding ortho intramolecular Hbond substituents is 1. The van der Waals surface area contributed by atoms with Crippen LogP contribution < -0.4 is 0 Å². The number of carbonyl (C=O) groups is 1. The molecular formula is C21H30F2O2. The highest BCUT2D eigenvalue weighted by atomic mass is 19.3. The van der Waals surface area contributed by atoms with Crippen LogP contribution in [-0.2, 0) is 6.42 Å². The van der Waals surface area contributed by atoms with Crippen molar-refractivity contribution in [2.75, 3.05) is 0 Å². The Morgan fingerprint density at radius 2 is 1.76 bits per heavy atom. The molecule has 0 unspecified atom stereocenters. The van der Waals surface area contributed by atoms with Crippen LogP contribution in [-0.4, -0.2) is 10.9 Å². The third-order valence-electron chi connectivity index (χ3n) is 5.48. The standard InChI is InChI=1S/C21H30F2O2/c1-3-5-14-7-9-15(10-8-14)13-18(24)17-12-11-16(6-4-2)19(20(17)25)21(22)23/h11-12,14-15,21,25H,3-10,13H2,1-2H3. The summed E-state index contributed by atoms with van der Waals surface area (Å²) in [4.78, 5) is 12.6. The number of aryl methyl sites for hydroxylation is 1. The molecule has 0 spiro atoms. The minimum Gasteiger partial charge on any atom is -0.507 e. The second kappa shape index (κ2) is 9.30. The molecule has 1 aliphatic rings. The van der Waals surface area contributed by atoms with Crippen LogP contribution in [0, 0.1) is 11.8 Å². The van der Waals surface area contributed by atoms with Gasteiger partial charge in [0.25, 0.3) is 6.43 Å². The molecule has 1 aromatic carbocycles. The molecule has 0 bridgehead atoms. The Morgan fingerprint density at radius 1 is 1.12 bits per heavy atom. The molecule has 1 fully saturated rings. The summed E-state index contributed by atoms with van der Waals surface area (Å²) in [6.07, 6.45) is 5.56. The van der Waals surface area contributed by atoms with Crippen molar-refractivity contribution < 1.29 is 18.7 Å². The molecule has 0 saturated heterocycles. The van der Waals surface area contributed by atoms with E-state index in [1.165, 1.54) is 18.9 Å². The molecule has 0 atom stereocenters. The van der Waals surface area contributed by atoms with Crippen LogP contribution in [0.1, 0.15) is 93.1 Å². The molecule has 4 heteroatoms. The summed E-state index contributed by atoms with van der Waals surface area (Å²) in [5, 5.41) is 10.3. The average molecular weight is 352 g/mol. The second-order valence-corrected chi connectivity index (χ2v) is 7.39. The van der Waals surface area contributed by atoms with Crippen molar-refractivity contribution >= 4 is 5.78 Å². The van der Waals surface area contributed by atoms with Gasteiger partial charge in [-0.1, -0.05) is 52.0 Å². The minimum atomic E-state index is -2.77. The van der Waals surface area contributed by atoms with Crippen molar-refractivity contribution in [2.45, 2.75) is 78.1 Å². The summed E-state index contributed by atoms with van der Waals surface area (Å²) in [7, 11) is 0. The van der Waals surface area contributed by atoms with E-state index in [-0.39, 0.29) is 16.9 Å². The minimum absolute atomic E-state index is 0.0610. The van der Waals surface area contributed by atoms with E-state index in [4.69, 9.17) is 0 Å². The van der Waals surface area contributed by atoms with Crippen LogP contribution in [0.2, 0.25) is 0 Å². The molecule has 1 aliphatic carbocycles. The number of hydrogen-bond acceptors (Lipinski definition) is 2. The Kier molecular flexibility index (Phi) is 7.39. The summed E-state index contributed by atoms with van der Waals surface area (Å²) in [5.41, 5.74) is 0.136. The topological polar surface area (TPSA) is 37.3 Å². The predicted molar refractivity (Wildman–Crippen MR) is 96.4 cm³/mol. The number of benzene rings is 1. The van der Waals surface area contributed by atoms with Crippen molar-refractivity contribution in [2.24, 2.45) is 11.8 Å². The molecule has 0 amide bonds. The van der Waals surface area contributed by atoms with E-state index in [1.54, 1.807) is 6.07 Å². The van der Waals surface area contributed by atoms with Crippen LogP contribution in [0.5, 0.6) is 5.75 Å². The van der Waals surface area contributed by atoms with Gasteiger partial charge >= 0.3 is 0 Å². The Labute approximate surface area is 149 Å². The Hall–Kier alpha value is -1.45. The zero-order chi connectivity index (χ0) is 18.4. The molecule has 1 saturated carbocycles. The highest BCUT2D eigenvalue weighted by Crippen LogP contribution is 2.38. The lowest BCUT2D eigenvalue weighted by molar-refractivity contribution is 0.0938. The van der Waals surface area contributed by atoms with E-state index in [9.17, 15) is 18.7 Å². The maximum atomic E-state index is 13.4. The van der Waals surface area contributed by atoms with Crippen molar-refractivity contribution in [1.82, 2.24) is 0 Å². The average Bonchev–Trinajstić information content (AvgIpc) is 2.57. The number of ketones is 1. The number of aromatic hydroxyl groups is 1. The summed E-state index contributed by atoms with van der Waals surface area (Å²) in [6, 6.07) is 3.10. The highest BCUT2D eigenvalue weighted by molar-refractivity contribution is 5.99. The summed E-state index contributed by atoms with van der Waals surface area (Å²) < 4.78 is 26.7. The van der Waals surface area contributed by atoms with E-state index in [0.717, 1.165) is 31.6 Å². The zero-order valence-electron chi connectivity index (χ0n) is 15.4. The molecule has 25 heavy (non-hydrogen) atoms. The molecule has 0 aromatic heterocycles. The zero-order valence-corrected chi connectivity index (χ0v) is 15.4. The van der Waals surface area contributed by atoms with Gasteiger partial charge in [-0.25, -0.2) is 8.78 Å². The summed E-state index contributed by atoms with van der Waals surface area (Å²) in [5.74, 6) is 0.362. The van der Waals surface area contributed by atoms with Gasteiger partial charge in [-0.15, -0.1) is 0 Å². The van der Waals surface area contributed by atoms with Gasteiger partial charge < -0.3 is 5.11 Å². The van der Waals surface area contributed by atoms with Crippen LogP contribution >= 0.6 is 0 Å². The second-order valence-electron chi connectivity index (χ2n) is 7.39. The number of carbonyl (C=O) groups excluding carboxylic acids is 1. The Balaban J connectivity index is 2.08. The Morgan fingerprint density at radius 3 is 2.32 bits per heavy atom. The number of hydrogen-bond donors (Lipinski definition) is 1. The van der Waals surface area contributed by atoms with Crippen molar-refractivity contribution in [3.8, 4) is 5.75 Å². The lowest BCUT2D eigenvalue weighted by atomic mass is 9.77. The van der Waals surface area contributed by atoms with Crippen molar-refractivity contribution in [3.63, 3.8) is 0 Å². The summed E-state index contributed by atoms with van der Waals surface area (Å²) in [6.45, 7) is 4.10. The lowest BCUT2D eigenvalue weighted by Crippen LogP contribution is -2.18. The predicted octanol–water partition coefficient (Wildman–Crippen LogP) is 6.46. The van der Waals surface area contributed by atoms with Gasteiger partial charge in [-0.2, -0.15) is 0 Å². The van der Waals surface area contributed by atoms with Crippen LogP contribution in [0.3, 0.4) is 0 Å². The van der Waals surface area contributed by atoms with E-state index in [0.29, 0.717) is 30.7 Å². The maximum absolute atomic E-state index is 13.4. The molecule has 1 aromatic rings. The quantitative estimate of drug-likeness (QED) is 0.545. The fourth-order valence-corrected chi connectivity index (χ4v) is 4.11. The number of rotatable bonds is 8. The van der Waals surface area contributed by atoms with E-state index < -0.39 is 12.2 Å². The lowest BCUT2D eigenvalue weighted by Gasteiger charge is -2.28. The van der Waals surface area contributed by atoms with Gasteiger partial charge in [-0.05, 0) is 42.7 Å². The fraction of sp³-hybridized carbons (Fsp3) is 0.667. The molecule has 140 valence electrons. The molecule has 2 nitrogen and oxygen atoms in total. The number of halogens is 2. The number of alkyl halides is 2. The normalized spacial score (nSPS) is 20.8. The van der Waals surface area contributed by atoms with E-state index in [1.807, 2.05) is 6.92 Å². The van der Waals surface area contributed by atoms with E-state index >= 15 is 0 Å². The number of Topliss-reactive ketones (excluding diaryl/α,β-unsaturated/α-hetero) is 1. The van der Waals surface area contributed by atoms with Gasteiger partial charge in [0, 0.05) is 6.42 Å². The highest BCUT2D eigenvalue weighted by Gasteiger charge is 2.27. The molecule has 2 rings (SSSR count). The van der Waals surface area contributed by atoms with E-state index in [2.05, 4.69) is 6.92 Å². The first-order valence-corrected chi connectivity index (χ1v) is 9.63. The van der Waals surface area contributed by atoms with Gasteiger partial charge in [0.15, 0.2) is 5.78 Å². The smallest absolute Gasteiger partial charge is 0.267 e.